The number of benzene rings is 1. The Hall–Kier alpha value is -3.42. The third-order valence-corrected chi connectivity index (χ3v) is 4.56. The highest BCUT2D eigenvalue weighted by molar-refractivity contribution is 5.96. The number of esters is 1. The lowest BCUT2D eigenvalue weighted by molar-refractivity contribution is -0.119. The minimum atomic E-state index is -0.637. The summed E-state index contributed by atoms with van der Waals surface area (Å²) in [5.41, 5.74) is 2.47. The van der Waals surface area contributed by atoms with Gasteiger partial charge in [0.05, 0.1) is 17.1 Å². The van der Waals surface area contributed by atoms with Gasteiger partial charge in [0.25, 0.3) is 5.91 Å². The van der Waals surface area contributed by atoms with Gasteiger partial charge in [-0.15, -0.1) is 0 Å². The van der Waals surface area contributed by atoms with Gasteiger partial charge >= 0.3 is 5.97 Å². The smallest absolute Gasteiger partial charge is 0.344 e. The number of nitrogens with one attached hydrogen (secondary N) is 1. The number of aromatic nitrogens is 3. The van der Waals surface area contributed by atoms with Crippen LogP contribution in [0, 0.1) is 13.8 Å². The van der Waals surface area contributed by atoms with Crippen LogP contribution < -0.4 is 5.32 Å². The van der Waals surface area contributed by atoms with E-state index in [2.05, 4.69) is 15.6 Å². The van der Waals surface area contributed by atoms with Gasteiger partial charge < -0.3 is 14.6 Å². The van der Waals surface area contributed by atoms with Crippen molar-refractivity contribution < 1.29 is 18.8 Å². The molecule has 2 aromatic heterocycles. The van der Waals surface area contributed by atoms with Crippen molar-refractivity contribution >= 4 is 17.7 Å². The highest BCUT2D eigenvalue weighted by Crippen LogP contribution is 2.40. The Balaban J connectivity index is 1.46. The van der Waals surface area contributed by atoms with Gasteiger partial charge in [-0.25, -0.2) is 9.48 Å². The molecule has 28 heavy (non-hydrogen) atoms. The minimum absolute atomic E-state index is 0.248. The summed E-state index contributed by atoms with van der Waals surface area (Å²) < 4.78 is 11.8. The first kappa shape index (κ1) is 18.0. The summed E-state index contributed by atoms with van der Waals surface area (Å²) in [6, 6.07) is 11.4. The van der Waals surface area contributed by atoms with Crippen molar-refractivity contribution in [3.8, 4) is 5.69 Å². The molecule has 0 radical (unpaired) electrons. The lowest BCUT2D eigenvalue weighted by atomic mass is 10.2. The second-order valence-electron chi connectivity index (χ2n) is 6.80. The van der Waals surface area contributed by atoms with E-state index < -0.39 is 18.5 Å². The first-order valence-corrected chi connectivity index (χ1v) is 9.08. The van der Waals surface area contributed by atoms with Gasteiger partial charge in [0, 0.05) is 12.0 Å². The second-order valence-corrected chi connectivity index (χ2v) is 6.80. The number of para-hydroxylation sites is 1. The van der Waals surface area contributed by atoms with Gasteiger partial charge in [-0.3, -0.25) is 4.79 Å². The average molecular weight is 380 g/mol. The number of aryl methyl sites for hydroxylation is 2. The molecule has 8 nitrogen and oxygen atoms in total. The molecule has 0 saturated heterocycles. The van der Waals surface area contributed by atoms with Crippen molar-refractivity contribution in [2.24, 2.45) is 0 Å². The van der Waals surface area contributed by atoms with Gasteiger partial charge in [-0.05, 0) is 38.8 Å². The summed E-state index contributed by atoms with van der Waals surface area (Å²) in [5, 5.41) is 11.1. The summed E-state index contributed by atoms with van der Waals surface area (Å²) in [5.74, 6) is 0.268. The minimum Gasteiger partial charge on any atom is -0.452 e. The number of rotatable bonds is 6. The Kier molecular flexibility index (Phi) is 4.68. The first-order valence-electron chi connectivity index (χ1n) is 9.08. The van der Waals surface area contributed by atoms with E-state index in [4.69, 9.17) is 9.26 Å². The van der Waals surface area contributed by atoms with Gasteiger partial charge in [0.1, 0.15) is 17.1 Å². The van der Waals surface area contributed by atoms with Gasteiger partial charge in [-0.1, -0.05) is 23.4 Å². The standard InChI is InChI=1S/C20H20N4O4/c1-12-19(13(2)28-23-12)20(26)27-11-18(25)21-17-10-16(14-8-9-14)22-24(17)15-6-4-3-5-7-15/h3-7,10,14H,8-9,11H2,1-2H3,(H,21,25). The van der Waals surface area contributed by atoms with E-state index in [0.29, 0.717) is 23.2 Å². The number of nitrogens with zero attached hydrogens (tertiary/aromatic N) is 3. The number of hydrogen-bond donors (Lipinski definition) is 1. The van der Waals surface area contributed by atoms with Crippen molar-refractivity contribution in [2.45, 2.75) is 32.6 Å². The largest absolute Gasteiger partial charge is 0.452 e. The maximum Gasteiger partial charge on any atom is 0.344 e. The van der Waals surface area contributed by atoms with Crippen LogP contribution in [0.3, 0.4) is 0 Å². The molecule has 144 valence electrons. The molecular weight excluding hydrogens is 360 g/mol. The number of anilines is 1. The third-order valence-electron chi connectivity index (χ3n) is 4.56. The van der Waals surface area contributed by atoms with Crippen LogP contribution in [-0.4, -0.2) is 33.4 Å². The zero-order valence-electron chi connectivity index (χ0n) is 15.6. The predicted octanol–water partition coefficient (Wildman–Crippen LogP) is 3.15. The fourth-order valence-corrected chi connectivity index (χ4v) is 2.99. The van der Waals surface area contributed by atoms with Crippen LogP contribution in [0.1, 0.15) is 46.3 Å². The molecule has 1 aliphatic carbocycles. The van der Waals surface area contributed by atoms with Crippen molar-refractivity contribution in [1.29, 1.82) is 0 Å². The van der Waals surface area contributed by atoms with Crippen LogP contribution in [0.25, 0.3) is 5.69 Å². The van der Waals surface area contributed by atoms with E-state index in [-0.39, 0.29) is 5.56 Å². The lowest BCUT2D eigenvalue weighted by Gasteiger charge is -2.09. The highest BCUT2D eigenvalue weighted by Gasteiger charge is 2.28. The Labute approximate surface area is 161 Å². The van der Waals surface area contributed by atoms with Gasteiger partial charge in [0.2, 0.25) is 0 Å². The van der Waals surface area contributed by atoms with E-state index in [9.17, 15) is 9.59 Å². The molecule has 0 aliphatic heterocycles. The second kappa shape index (κ2) is 7.30. The van der Waals surface area contributed by atoms with Crippen LogP contribution in [0.15, 0.2) is 40.9 Å². The number of amides is 1. The predicted molar refractivity (Wildman–Crippen MR) is 100 cm³/mol. The van der Waals surface area contributed by atoms with Crippen molar-refractivity contribution in [3.63, 3.8) is 0 Å². The Bertz CT molecular complexity index is 999. The lowest BCUT2D eigenvalue weighted by Crippen LogP contribution is -2.22. The van der Waals surface area contributed by atoms with Crippen molar-refractivity contribution in [3.05, 3.63) is 59.1 Å². The average Bonchev–Trinajstić information content (AvgIpc) is 3.38. The zero-order valence-corrected chi connectivity index (χ0v) is 15.6. The van der Waals surface area contributed by atoms with E-state index in [0.717, 1.165) is 24.2 Å². The van der Waals surface area contributed by atoms with Crippen LogP contribution in [0.2, 0.25) is 0 Å². The number of ether oxygens (including phenoxy) is 1. The number of carbonyl (C=O) groups is 2. The zero-order chi connectivity index (χ0) is 19.7. The summed E-state index contributed by atoms with van der Waals surface area (Å²) in [7, 11) is 0. The highest BCUT2D eigenvalue weighted by atomic mass is 16.5. The van der Waals surface area contributed by atoms with Gasteiger partial charge in [0.15, 0.2) is 6.61 Å². The molecule has 1 amide bonds. The molecule has 2 heterocycles. The van der Waals surface area contributed by atoms with Crippen molar-refractivity contribution in [2.75, 3.05) is 11.9 Å². The molecule has 1 saturated carbocycles. The Morgan fingerprint density at radius 2 is 2.00 bits per heavy atom. The summed E-state index contributed by atoms with van der Waals surface area (Å²) in [4.78, 5) is 24.5. The number of hydrogen-bond acceptors (Lipinski definition) is 6. The molecule has 1 aliphatic rings. The number of carbonyl (C=O) groups excluding carboxylic acids is 2. The molecule has 1 fully saturated rings. The van der Waals surface area contributed by atoms with E-state index >= 15 is 0 Å². The topological polar surface area (TPSA) is 99.2 Å². The van der Waals surface area contributed by atoms with E-state index in [1.54, 1.807) is 18.5 Å². The fraction of sp³-hybridized carbons (Fsp3) is 0.300. The normalized spacial score (nSPS) is 13.4. The molecule has 0 spiro atoms. The first-order chi connectivity index (χ1) is 13.5. The van der Waals surface area contributed by atoms with E-state index in [1.165, 1.54) is 0 Å². The quantitative estimate of drug-likeness (QED) is 0.660. The van der Waals surface area contributed by atoms with E-state index in [1.807, 2.05) is 36.4 Å². The molecule has 1 aromatic carbocycles. The fourth-order valence-electron chi connectivity index (χ4n) is 2.99. The molecule has 0 atom stereocenters. The Morgan fingerprint density at radius 1 is 1.25 bits per heavy atom. The summed E-state index contributed by atoms with van der Waals surface area (Å²) in [6.07, 6.45) is 2.21. The summed E-state index contributed by atoms with van der Waals surface area (Å²) >= 11 is 0. The third kappa shape index (κ3) is 3.66. The molecular formula is C20H20N4O4. The maximum atomic E-state index is 12.4. The van der Waals surface area contributed by atoms with Crippen LogP contribution >= 0.6 is 0 Å². The molecule has 3 aromatic rings. The molecule has 0 bridgehead atoms. The molecule has 1 N–H and O–H groups in total. The van der Waals surface area contributed by atoms with Crippen molar-refractivity contribution in [1.82, 2.24) is 14.9 Å². The van der Waals surface area contributed by atoms with Crippen LogP contribution in [0.4, 0.5) is 5.82 Å². The monoisotopic (exact) mass is 380 g/mol. The van der Waals surface area contributed by atoms with Crippen LogP contribution in [0.5, 0.6) is 0 Å². The van der Waals surface area contributed by atoms with Gasteiger partial charge in [-0.2, -0.15) is 5.10 Å². The Morgan fingerprint density at radius 3 is 2.64 bits per heavy atom. The SMILES string of the molecule is Cc1noc(C)c1C(=O)OCC(=O)Nc1cc(C2CC2)nn1-c1ccccc1. The molecule has 8 heteroatoms. The van der Waals surface area contributed by atoms with Crippen LogP contribution in [-0.2, 0) is 9.53 Å². The maximum absolute atomic E-state index is 12.4. The molecule has 4 rings (SSSR count). The summed E-state index contributed by atoms with van der Waals surface area (Å²) in [6.45, 7) is 2.85. The molecule has 0 unspecified atom stereocenters.